The van der Waals surface area contributed by atoms with Crippen LogP contribution in [0.2, 0.25) is 0 Å². The molecule has 0 spiro atoms. The number of hydrogen-bond donors (Lipinski definition) is 0. The Kier molecular flexibility index (Phi) is 5.72. The van der Waals surface area contributed by atoms with Crippen molar-refractivity contribution in [2.24, 2.45) is 11.8 Å². The molecule has 3 aromatic carbocycles. The van der Waals surface area contributed by atoms with Crippen LogP contribution in [-0.4, -0.2) is 0 Å². The van der Waals surface area contributed by atoms with Gasteiger partial charge in [-0.2, -0.15) is 0 Å². The Morgan fingerprint density at radius 3 is 2.38 bits per heavy atom. The van der Waals surface area contributed by atoms with Gasteiger partial charge >= 0.3 is 0 Å². The molecule has 1 unspecified atom stereocenters. The van der Waals surface area contributed by atoms with E-state index in [4.69, 9.17) is 0 Å². The van der Waals surface area contributed by atoms with E-state index in [0.717, 1.165) is 19.3 Å². The van der Waals surface area contributed by atoms with Crippen molar-refractivity contribution in [3.05, 3.63) is 89.5 Å². The molecule has 148 valence electrons. The molecule has 0 amide bonds. The van der Waals surface area contributed by atoms with Gasteiger partial charge in [0, 0.05) is 0 Å². The van der Waals surface area contributed by atoms with Crippen molar-refractivity contribution in [3.8, 4) is 11.1 Å². The summed E-state index contributed by atoms with van der Waals surface area (Å²) in [5.74, 6) is 1.42. The lowest BCUT2D eigenvalue weighted by molar-refractivity contribution is 0.417. The summed E-state index contributed by atoms with van der Waals surface area (Å²) in [6.07, 6.45) is 7.96. The van der Waals surface area contributed by atoms with Gasteiger partial charge in [-0.1, -0.05) is 100 Å². The lowest BCUT2D eigenvalue weighted by Crippen LogP contribution is -2.07. The predicted molar refractivity (Wildman–Crippen MR) is 128 cm³/mol. The van der Waals surface area contributed by atoms with Crippen LogP contribution in [0.5, 0.6) is 0 Å². The normalized spacial score (nSPS) is 14.9. The van der Waals surface area contributed by atoms with Crippen LogP contribution < -0.4 is 0 Å². The molecule has 4 rings (SSSR count). The van der Waals surface area contributed by atoms with Gasteiger partial charge in [0.25, 0.3) is 0 Å². The minimum absolute atomic E-state index is 0.702. The van der Waals surface area contributed by atoms with Crippen molar-refractivity contribution >= 4 is 16.3 Å². The average molecular weight is 381 g/mol. The molecule has 1 aliphatic rings. The number of rotatable bonds is 6. The first kappa shape index (κ1) is 19.7. The Bertz CT molecular complexity index is 1080. The molecule has 0 bridgehead atoms. The molecule has 0 heteroatoms. The maximum atomic E-state index is 2.39. The van der Waals surface area contributed by atoms with Crippen LogP contribution in [-0.2, 0) is 6.42 Å². The number of benzene rings is 3. The van der Waals surface area contributed by atoms with Crippen LogP contribution in [0, 0.1) is 11.8 Å². The zero-order valence-corrected chi connectivity index (χ0v) is 18.2. The highest BCUT2D eigenvalue weighted by molar-refractivity contribution is 5.97. The van der Waals surface area contributed by atoms with Crippen molar-refractivity contribution in [1.29, 1.82) is 0 Å². The Morgan fingerprint density at radius 2 is 1.62 bits per heavy atom. The number of hydrogen-bond acceptors (Lipinski definition) is 0. The molecule has 1 aliphatic carbocycles. The van der Waals surface area contributed by atoms with Crippen LogP contribution in [0.1, 0.15) is 51.7 Å². The summed E-state index contributed by atoms with van der Waals surface area (Å²) in [7, 11) is 0. The summed E-state index contributed by atoms with van der Waals surface area (Å²) >= 11 is 0. The van der Waals surface area contributed by atoms with Gasteiger partial charge in [-0.25, -0.2) is 0 Å². The molecule has 0 radical (unpaired) electrons. The molecule has 0 heterocycles. The van der Waals surface area contributed by atoms with Crippen molar-refractivity contribution in [1.82, 2.24) is 0 Å². The van der Waals surface area contributed by atoms with Gasteiger partial charge in [-0.05, 0) is 75.8 Å². The molecule has 0 aliphatic heterocycles. The van der Waals surface area contributed by atoms with E-state index in [0.29, 0.717) is 11.8 Å². The molecule has 0 aromatic heterocycles. The lowest BCUT2D eigenvalue weighted by Gasteiger charge is -2.16. The van der Waals surface area contributed by atoms with E-state index < -0.39 is 0 Å². The summed E-state index contributed by atoms with van der Waals surface area (Å²) in [5.41, 5.74) is 8.39. The van der Waals surface area contributed by atoms with Gasteiger partial charge in [0.15, 0.2) is 0 Å². The Hall–Kier alpha value is -2.60. The van der Waals surface area contributed by atoms with Crippen molar-refractivity contribution in [2.75, 3.05) is 0 Å². The van der Waals surface area contributed by atoms with E-state index >= 15 is 0 Å². The van der Waals surface area contributed by atoms with Gasteiger partial charge in [0.1, 0.15) is 0 Å². The minimum Gasteiger partial charge on any atom is -0.0661 e. The molecule has 0 N–H and O–H groups in total. The van der Waals surface area contributed by atoms with Crippen LogP contribution >= 0.6 is 0 Å². The molecule has 3 aromatic rings. The van der Waals surface area contributed by atoms with Crippen molar-refractivity contribution in [2.45, 2.75) is 47.0 Å². The molecular formula is C29H32. The molecule has 29 heavy (non-hydrogen) atoms. The summed E-state index contributed by atoms with van der Waals surface area (Å²) < 4.78 is 0. The van der Waals surface area contributed by atoms with Crippen LogP contribution in [0.3, 0.4) is 0 Å². The second kappa shape index (κ2) is 8.41. The monoisotopic (exact) mass is 380 g/mol. The van der Waals surface area contributed by atoms with E-state index in [9.17, 15) is 0 Å². The Labute approximate surface area is 176 Å². The van der Waals surface area contributed by atoms with Gasteiger partial charge in [0.05, 0.1) is 0 Å². The van der Waals surface area contributed by atoms with E-state index in [-0.39, 0.29) is 0 Å². The van der Waals surface area contributed by atoms with E-state index in [1.54, 1.807) is 0 Å². The molecule has 1 atom stereocenters. The average Bonchev–Trinajstić information content (AvgIpc) is 3.22. The highest BCUT2D eigenvalue weighted by atomic mass is 14.2. The molecular weight excluding hydrogens is 348 g/mol. The first-order valence-electron chi connectivity index (χ1n) is 11.1. The third-order valence-corrected chi connectivity index (χ3v) is 6.58. The van der Waals surface area contributed by atoms with Gasteiger partial charge < -0.3 is 0 Å². The van der Waals surface area contributed by atoms with Gasteiger partial charge in [-0.15, -0.1) is 0 Å². The highest BCUT2D eigenvalue weighted by Crippen LogP contribution is 2.34. The minimum atomic E-state index is 0.702. The summed E-state index contributed by atoms with van der Waals surface area (Å²) in [6.45, 7) is 9.23. The smallest absolute Gasteiger partial charge is 0.00581 e. The number of allylic oxidation sites excluding steroid dienone is 4. The van der Waals surface area contributed by atoms with Crippen LogP contribution in [0.4, 0.5) is 0 Å². The van der Waals surface area contributed by atoms with E-state index in [2.05, 4.69) is 101 Å². The summed E-state index contributed by atoms with van der Waals surface area (Å²) in [6, 6.07) is 22.8. The SMILES string of the molecule is CCC1=CC=C(c2cccc(-c3cccc4cc(CC(C)C(C)C)ccc34)c2)C1. The van der Waals surface area contributed by atoms with Crippen LogP contribution in [0.15, 0.2) is 78.4 Å². The third kappa shape index (κ3) is 4.22. The highest BCUT2D eigenvalue weighted by Gasteiger charge is 2.12. The second-order valence-electron chi connectivity index (χ2n) is 8.91. The first-order chi connectivity index (χ1) is 14.0. The second-order valence-corrected chi connectivity index (χ2v) is 8.91. The first-order valence-corrected chi connectivity index (χ1v) is 11.1. The van der Waals surface area contributed by atoms with Crippen LogP contribution in [0.25, 0.3) is 27.5 Å². The summed E-state index contributed by atoms with van der Waals surface area (Å²) in [4.78, 5) is 0. The van der Waals surface area contributed by atoms with E-state index in [1.807, 2.05) is 0 Å². The summed E-state index contributed by atoms with van der Waals surface area (Å²) in [5, 5.41) is 2.69. The fourth-order valence-electron chi connectivity index (χ4n) is 4.23. The Morgan fingerprint density at radius 1 is 0.828 bits per heavy atom. The number of fused-ring (bicyclic) bond motifs is 1. The maximum absolute atomic E-state index is 2.39. The topological polar surface area (TPSA) is 0 Å². The van der Waals surface area contributed by atoms with E-state index in [1.165, 1.54) is 44.2 Å². The molecule has 0 fully saturated rings. The van der Waals surface area contributed by atoms with Gasteiger partial charge in [0.2, 0.25) is 0 Å². The quantitative estimate of drug-likeness (QED) is 0.402. The molecule has 0 saturated carbocycles. The fourth-order valence-corrected chi connectivity index (χ4v) is 4.23. The lowest BCUT2D eigenvalue weighted by atomic mass is 9.89. The van der Waals surface area contributed by atoms with Crippen molar-refractivity contribution < 1.29 is 0 Å². The van der Waals surface area contributed by atoms with Crippen molar-refractivity contribution in [3.63, 3.8) is 0 Å². The van der Waals surface area contributed by atoms with Gasteiger partial charge in [-0.3, -0.25) is 0 Å². The molecule has 0 saturated heterocycles. The fraction of sp³-hybridized carbons (Fsp3) is 0.310. The zero-order chi connectivity index (χ0) is 20.4. The molecule has 0 nitrogen and oxygen atoms in total. The largest absolute Gasteiger partial charge is 0.0661 e. The predicted octanol–water partition coefficient (Wildman–Crippen LogP) is 8.46. The zero-order valence-electron chi connectivity index (χ0n) is 18.2. The Balaban J connectivity index is 1.67. The standard InChI is InChI=1S/C29H32/c1-5-22-12-14-25(17-22)24-8-6-9-27(19-24)28-11-7-10-26-18-23(13-15-29(26)28)16-21(4)20(2)3/h6-15,18-21H,5,16-17H2,1-4H3. The maximum Gasteiger partial charge on any atom is -0.00581 e. The third-order valence-electron chi connectivity index (χ3n) is 6.58.